The van der Waals surface area contributed by atoms with E-state index in [9.17, 15) is 19.7 Å². The van der Waals surface area contributed by atoms with Crippen molar-refractivity contribution in [3.63, 3.8) is 0 Å². The van der Waals surface area contributed by atoms with Gasteiger partial charge in [0.1, 0.15) is 6.61 Å². The summed E-state index contributed by atoms with van der Waals surface area (Å²) in [6, 6.07) is 28.9. The number of hydrogen-bond donors (Lipinski definition) is 2. The van der Waals surface area contributed by atoms with Crippen LogP contribution < -0.4 is 10.6 Å². The van der Waals surface area contributed by atoms with Crippen LogP contribution >= 0.6 is 0 Å². The van der Waals surface area contributed by atoms with E-state index in [1.54, 1.807) is 18.2 Å². The van der Waals surface area contributed by atoms with E-state index in [-0.39, 0.29) is 36.1 Å². The van der Waals surface area contributed by atoms with Crippen LogP contribution in [0.2, 0.25) is 0 Å². The van der Waals surface area contributed by atoms with E-state index in [0.717, 1.165) is 33.4 Å². The van der Waals surface area contributed by atoms with E-state index in [4.69, 9.17) is 4.74 Å². The molecule has 0 saturated heterocycles. The first-order valence-corrected chi connectivity index (χ1v) is 13.1. The van der Waals surface area contributed by atoms with Crippen LogP contribution in [0.4, 0.5) is 10.5 Å². The van der Waals surface area contributed by atoms with Crippen LogP contribution in [-0.4, -0.2) is 23.5 Å². The molecule has 0 bridgehead atoms. The molecule has 0 spiro atoms. The molecule has 0 aromatic heterocycles. The number of aryl methyl sites for hydroxylation is 1. The predicted octanol–water partition coefficient (Wildman–Crippen LogP) is 6.19. The van der Waals surface area contributed by atoms with Crippen LogP contribution in [0.3, 0.4) is 0 Å². The van der Waals surface area contributed by atoms with Crippen molar-refractivity contribution in [2.24, 2.45) is 0 Å². The predicted molar refractivity (Wildman–Crippen MR) is 152 cm³/mol. The van der Waals surface area contributed by atoms with E-state index in [0.29, 0.717) is 6.54 Å². The summed E-state index contributed by atoms with van der Waals surface area (Å²) in [6.07, 6.45) is -0.947. The van der Waals surface area contributed by atoms with Crippen molar-refractivity contribution in [2.75, 3.05) is 6.61 Å². The lowest BCUT2D eigenvalue weighted by Crippen LogP contribution is -2.34. The second-order valence-electron chi connectivity index (χ2n) is 9.80. The maximum Gasteiger partial charge on any atom is 0.407 e. The highest BCUT2D eigenvalue weighted by Crippen LogP contribution is 2.44. The first-order chi connectivity index (χ1) is 19.4. The zero-order valence-corrected chi connectivity index (χ0v) is 22.0. The molecule has 0 aliphatic heterocycles. The molecule has 2 N–H and O–H groups in total. The van der Waals surface area contributed by atoms with Gasteiger partial charge in [-0.05, 0) is 34.7 Å². The minimum atomic E-state index is -0.963. The smallest absolute Gasteiger partial charge is 0.407 e. The summed E-state index contributed by atoms with van der Waals surface area (Å²) in [4.78, 5) is 37.2. The molecule has 1 unspecified atom stereocenters. The molecule has 2 amide bonds. The highest BCUT2D eigenvalue weighted by atomic mass is 16.6. The molecule has 202 valence electrons. The third-order valence-corrected chi connectivity index (χ3v) is 7.14. The first kappa shape index (κ1) is 26.6. The molecule has 0 saturated carbocycles. The molecule has 8 heteroatoms. The third kappa shape index (κ3) is 5.86. The number of fused-ring (bicyclic) bond motifs is 3. The molecule has 5 rings (SSSR count). The molecule has 0 radical (unpaired) electrons. The highest BCUT2D eigenvalue weighted by Gasteiger charge is 2.30. The lowest BCUT2D eigenvalue weighted by Gasteiger charge is -2.20. The number of carbonyl (C=O) groups is 2. The largest absolute Gasteiger partial charge is 0.449 e. The minimum absolute atomic E-state index is 0.0864. The van der Waals surface area contributed by atoms with E-state index in [1.807, 2.05) is 79.7 Å². The van der Waals surface area contributed by atoms with Gasteiger partial charge >= 0.3 is 6.09 Å². The van der Waals surface area contributed by atoms with Gasteiger partial charge in [-0.15, -0.1) is 0 Å². The maximum absolute atomic E-state index is 13.0. The number of para-hydroxylation sites is 1. The van der Waals surface area contributed by atoms with Gasteiger partial charge in [-0.3, -0.25) is 14.9 Å². The number of rotatable bonds is 9. The Morgan fingerprint density at radius 1 is 0.875 bits per heavy atom. The van der Waals surface area contributed by atoms with Gasteiger partial charge in [0, 0.05) is 18.5 Å². The van der Waals surface area contributed by atoms with Crippen LogP contribution in [0.15, 0.2) is 97.1 Å². The van der Waals surface area contributed by atoms with Gasteiger partial charge in [0.25, 0.3) is 5.69 Å². The van der Waals surface area contributed by atoms with Crippen molar-refractivity contribution in [3.05, 3.63) is 135 Å². The Balaban J connectivity index is 1.30. The molecule has 8 nitrogen and oxygen atoms in total. The van der Waals surface area contributed by atoms with Gasteiger partial charge in [-0.1, -0.05) is 96.6 Å². The first-order valence-electron chi connectivity index (χ1n) is 13.1. The zero-order chi connectivity index (χ0) is 28.1. The number of nitrogens with one attached hydrogen (secondary N) is 2. The van der Waals surface area contributed by atoms with Gasteiger partial charge in [0.05, 0.1) is 22.9 Å². The monoisotopic (exact) mass is 536 g/mol. The van der Waals surface area contributed by atoms with Crippen LogP contribution in [0.25, 0.3) is 11.1 Å². The minimum Gasteiger partial charge on any atom is -0.449 e. The van der Waals surface area contributed by atoms with Crippen molar-refractivity contribution in [3.8, 4) is 11.1 Å². The van der Waals surface area contributed by atoms with Gasteiger partial charge in [-0.25, -0.2) is 4.79 Å². The summed E-state index contributed by atoms with van der Waals surface area (Å²) in [7, 11) is 0. The Labute approximate surface area is 232 Å². The number of nitrogens with zero attached hydrogens (tertiary/aromatic N) is 1. The number of ether oxygens (including phenoxy) is 1. The second-order valence-corrected chi connectivity index (χ2v) is 9.80. The van der Waals surface area contributed by atoms with Crippen molar-refractivity contribution >= 4 is 17.7 Å². The summed E-state index contributed by atoms with van der Waals surface area (Å²) in [6.45, 7) is 2.37. The number of nitro benzene ring substituents is 1. The van der Waals surface area contributed by atoms with Crippen LogP contribution in [0, 0.1) is 17.0 Å². The lowest BCUT2D eigenvalue weighted by atomic mass is 9.98. The van der Waals surface area contributed by atoms with E-state index < -0.39 is 17.1 Å². The summed E-state index contributed by atoms with van der Waals surface area (Å²) >= 11 is 0. The molecule has 1 aliphatic rings. The molecular weight excluding hydrogens is 507 g/mol. The van der Waals surface area contributed by atoms with Gasteiger partial charge in [0.2, 0.25) is 5.91 Å². The number of benzene rings is 4. The molecule has 0 fully saturated rings. The Kier molecular flexibility index (Phi) is 7.87. The zero-order valence-electron chi connectivity index (χ0n) is 22.0. The highest BCUT2D eigenvalue weighted by molar-refractivity contribution is 5.80. The van der Waals surface area contributed by atoms with Crippen molar-refractivity contribution in [1.29, 1.82) is 0 Å². The molecule has 1 aliphatic carbocycles. The molecule has 1 atom stereocenters. The van der Waals surface area contributed by atoms with Crippen molar-refractivity contribution in [2.45, 2.75) is 31.8 Å². The van der Waals surface area contributed by atoms with Crippen LogP contribution in [0.5, 0.6) is 0 Å². The molecular formula is C32H29N3O5. The fourth-order valence-electron chi connectivity index (χ4n) is 5.13. The lowest BCUT2D eigenvalue weighted by molar-refractivity contribution is -0.385. The summed E-state index contributed by atoms with van der Waals surface area (Å²) in [5, 5.41) is 17.3. The van der Waals surface area contributed by atoms with E-state index in [1.165, 1.54) is 6.07 Å². The maximum atomic E-state index is 13.0. The number of carbonyl (C=O) groups excluding carboxylic acids is 2. The SMILES string of the molecule is Cc1ccc(CNC(=O)CC([15NH]C(=O)OCC2c3ccccc3-c3ccccc32)c2ccccc2[N+](=O)[O-])cc1. The van der Waals surface area contributed by atoms with Crippen LogP contribution in [-0.2, 0) is 16.1 Å². The second kappa shape index (κ2) is 11.8. The van der Waals surface area contributed by atoms with Crippen molar-refractivity contribution in [1.82, 2.24) is 10.6 Å². The Bertz CT molecular complexity index is 1500. The third-order valence-electron chi connectivity index (χ3n) is 7.14. The molecule has 0 heterocycles. The normalized spacial score (nSPS) is 12.6. The summed E-state index contributed by atoms with van der Waals surface area (Å²) in [5.74, 6) is -0.497. The van der Waals surface area contributed by atoms with Crippen molar-refractivity contribution < 1.29 is 19.2 Å². The molecule has 4 aromatic rings. The standard InChI is InChI=1S/C32H29N3O5/c1-21-14-16-22(17-15-21)19-33-31(36)18-29(27-12-6-7-13-30(27)35(38)39)34-32(37)40-20-28-25-10-4-2-8-23(25)24-9-3-5-11-26(24)28/h2-17,28-29H,18-20H2,1H3,(H,33,36)(H,34,37)/i34+1. The van der Waals surface area contributed by atoms with Gasteiger partial charge < -0.3 is 15.4 Å². The number of nitro groups is 1. The Hall–Kier alpha value is -4.98. The summed E-state index contributed by atoms with van der Waals surface area (Å²) in [5.41, 5.74) is 6.43. The van der Waals surface area contributed by atoms with E-state index >= 15 is 0 Å². The van der Waals surface area contributed by atoms with Crippen LogP contribution in [0.1, 0.15) is 46.2 Å². The van der Waals surface area contributed by atoms with Gasteiger partial charge in [-0.2, -0.15) is 0 Å². The average molecular weight is 537 g/mol. The quantitative estimate of drug-likeness (QED) is 0.151. The Morgan fingerprint density at radius 3 is 2.12 bits per heavy atom. The fourth-order valence-corrected chi connectivity index (χ4v) is 5.13. The summed E-state index contributed by atoms with van der Waals surface area (Å²) < 4.78 is 5.66. The molecule has 4 aromatic carbocycles. The number of hydrogen-bond acceptors (Lipinski definition) is 5. The average Bonchev–Trinajstić information content (AvgIpc) is 3.29. The van der Waals surface area contributed by atoms with E-state index in [2.05, 4.69) is 10.6 Å². The number of amides is 2. The fraction of sp³-hybridized carbons (Fsp3) is 0.188. The molecule has 40 heavy (non-hydrogen) atoms. The Morgan fingerprint density at radius 2 is 1.48 bits per heavy atom. The number of alkyl carbamates (subject to hydrolysis) is 1. The van der Waals surface area contributed by atoms with Gasteiger partial charge in [0.15, 0.2) is 0 Å². The topological polar surface area (TPSA) is 111 Å².